The zero-order valence-electron chi connectivity index (χ0n) is 15.4. The van der Waals surface area contributed by atoms with Gasteiger partial charge in [-0.1, -0.05) is 30.3 Å². The predicted octanol–water partition coefficient (Wildman–Crippen LogP) is 2.96. The van der Waals surface area contributed by atoms with Crippen LogP contribution in [0.25, 0.3) is 0 Å². The molecular formula is C20H29N3O3. The molecule has 6 nitrogen and oxygen atoms in total. The van der Waals surface area contributed by atoms with Gasteiger partial charge in [-0.2, -0.15) is 0 Å². The molecule has 0 unspecified atom stereocenters. The quantitative estimate of drug-likeness (QED) is 0.346. The summed E-state index contributed by atoms with van der Waals surface area (Å²) in [6.07, 6.45) is 2.52. The van der Waals surface area contributed by atoms with Crippen LogP contribution in [0.3, 0.4) is 0 Å². The number of ether oxygens (including phenoxy) is 2. The van der Waals surface area contributed by atoms with Crippen molar-refractivity contribution in [2.45, 2.75) is 26.6 Å². The zero-order chi connectivity index (χ0) is 18.3. The first kappa shape index (κ1) is 20.0. The van der Waals surface area contributed by atoms with Crippen LogP contribution in [0.2, 0.25) is 0 Å². The van der Waals surface area contributed by atoms with Gasteiger partial charge in [-0.25, -0.2) is 0 Å². The van der Waals surface area contributed by atoms with E-state index in [1.165, 1.54) is 5.56 Å². The van der Waals surface area contributed by atoms with E-state index in [1.54, 1.807) is 6.26 Å². The monoisotopic (exact) mass is 359 g/mol. The molecule has 0 atom stereocenters. The van der Waals surface area contributed by atoms with Gasteiger partial charge >= 0.3 is 0 Å². The topological polar surface area (TPSA) is 68.0 Å². The van der Waals surface area contributed by atoms with E-state index in [-0.39, 0.29) is 0 Å². The molecule has 0 fully saturated rings. The minimum Gasteiger partial charge on any atom is -0.467 e. The number of nitrogens with one attached hydrogen (secondary N) is 2. The highest BCUT2D eigenvalue weighted by Gasteiger charge is 1.98. The highest BCUT2D eigenvalue weighted by atomic mass is 16.5. The van der Waals surface area contributed by atoms with Crippen molar-refractivity contribution in [2.75, 3.05) is 32.8 Å². The Morgan fingerprint density at radius 3 is 2.62 bits per heavy atom. The van der Waals surface area contributed by atoms with Crippen molar-refractivity contribution in [3.05, 3.63) is 60.1 Å². The Kier molecular flexibility index (Phi) is 9.98. The summed E-state index contributed by atoms with van der Waals surface area (Å²) in [6, 6.07) is 13.9. The van der Waals surface area contributed by atoms with Crippen molar-refractivity contribution < 1.29 is 13.9 Å². The van der Waals surface area contributed by atoms with Crippen LogP contribution in [0, 0.1) is 0 Å². The lowest BCUT2D eigenvalue weighted by Gasteiger charge is -2.11. The Hall–Kier alpha value is -2.31. The highest BCUT2D eigenvalue weighted by molar-refractivity contribution is 5.79. The summed E-state index contributed by atoms with van der Waals surface area (Å²) >= 11 is 0. The lowest BCUT2D eigenvalue weighted by atomic mass is 10.2. The van der Waals surface area contributed by atoms with Crippen LogP contribution >= 0.6 is 0 Å². The number of benzene rings is 1. The van der Waals surface area contributed by atoms with Gasteiger partial charge in [-0.15, -0.1) is 0 Å². The first-order chi connectivity index (χ1) is 12.9. The molecule has 0 amide bonds. The smallest absolute Gasteiger partial charge is 0.191 e. The Morgan fingerprint density at radius 2 is 1.85 bits per heavy atom. The van der Waals surface area contributed by atoms with Crippen LogP contribution in [0.5, 0.6) is 0 Å². The van der Waals surface area contributed by atoms with Crippen LogP contribution in [0.15, 0.2) is 58.1 Å². The van der Waals surface area contributed by atoms with Crippen molar-refractivity contribution >= 4 is 5.96 Å². The summed E-state index contributed by atoms with van der Waals surface area (Å²) in [7, 11) is 0. The molecule has 0 aliphatic rings. The minimum atomic E-state index is 0.508. The maximum absolute atomic E-state index is 5.67. The molecule has 142 valence electrons. The lowest BCUT2D eigenvalue weighted by Crippen LogP contribution is -2.39. The summed E-state index contributed by atoms with van der Waals surface area (Å²) in [5.74, 6) is 1.65. The molecule has 0 saturated heterocycles. The Labute approximate surface area is 155 Å². The molecule has 1 aromatic heterocycles. The van der Waals surface area contributed by atoms with E-state index >= 15 is 0 Å². The van der Waals surface area contributed by atoms with Crippen molar-refractivity contribution in [2.24, 2.45) is 4.99 Å². The SMILES string of the molecule is CCNC(=NCCCOCc1ccco1)NCCOCc1ccccc1. The van der Waals surface area contributed by atoms with Crippen LogP contribution in [0.4, 0.5) is 0 Å². The van der Waals surface area contributed by atoms with Gasteiger partial charge in [0.05, 0.1) is 19.5 Å². The minimum absolute atomic E-state index is 0.508. The second-order valence-electron chi connectivity index (χ2n) is 5.71. The van der Waals surface area contributed by atoms with Gasteiger partial charge < -0.3 is 24.5 Å². The van der Waals surface area contributed by atoms with Crippen LogP contribution < -0.4 is 10.6 Å². The Morgan fingerprint density at radius 1 is 1.00 bits per heavy atom. The van der Waals surface area contributed by atoms with E-state index in [0.29, 0.717) is 39.5 Å². The third kappa shape index (κ3) is 8.69. The number of nitrogens with zero attached hydrogens (tertiary/aromatic N) is 1. The molecule has 2 rings (SSSR count). The molecular weight excluding hydrogens is 330 g/mol. The van der Waals surface area contributed by atoms with Gasteiger partial charge in [-0.3, -0.25) is 4.99 Å². The van der Waals surface area contributed by atoms with Gasteiger partial charge in [0, 0.05) is 26.2 Å². The molecule has 0 aliphatic carbocycles. The highest BCUT2D eigenvalue weighted by Crippen LogP contribution is 2.02. The summed E-state index contributed by atoms with van der Waals surface area (Å²) in [5.41, 5.74) is 1.18. The van der Waals surface area contributed by atoms with E-state index in [4.69, 9.17) is 13.9 Å². The Bertz CT molecular complexity index is 600. The average Bonchev–Trinajstić information content (AvgIpc) is 3.18. The van der Waals surface area contributed by atoms with Gasteiger partial charge in [-0.05, 0) is 31.0 Å². The molecule has 2 N–H and O–H groups in total. The molecule has 1 aromatic carbocycles. The largest absolute Gasteiger partial charge is 0.467 e. The third-order valence-electron chi connectivity index (χ3n) is 3.54. The zero-order valence-corrected chi connectivity index (χ0v) is 15.4. The number of furan rings is 1. The van der Waals surface area contributed by atoms with E-state index in [1.807, 2.05) is 30.3 Å². The summed E-state index contributed by atoms with van der Waals surface area (Å²) in [4.78, 5) is 4.54. The van der Waals surface area contributed by atoms with E-state index < -0.39 is 0 Å². The van der Waals surface area contributed by atoms with Crippen molar-refractivity contribution in [3.63, 3.8) is 0 Å². The maximum Gasteiger partial charge on any atom is 0.191 e. The summed E-state index contributed by atoms with van der Waals surface area (Å²) in [5, 5.41) is 6.51. The number of rotatable bonds is 12. The Balaban J connectivity index is 1.54. The fourth-order valence-corrected chi connectivity index (χ4v) is 2.27. The van der Waals surface area contributed by atoms with Gasteiger partial charge in [0.1, 0.15) is 12.4 Å². The molecule has 0 radical (unpaired) electrons. The third-order valence-corrected chi connectivity index (χ3v) is 3.54. The summed E-state index contributed by atoms with van der Waals surface area (Å²) in [6.45, 7) is 6.72. The van der Waals surface area contributed by atoms with Crippen molar-refractivity contribution in [1.29, 1.82) is 0 Å². The van der Waals surface area contributed by atoms with Crippen LogP contribution in [-0.4, -0.2) is 38.8 Å². The van der Waals surface area contributed by atoms with Gasteiger partial charge in [0.2, 0.25) is 0 Å². The molecule has 6 heteroatoms. The number of aliphatic imine (C=N–C) groups is 1. The van der Waals surface area contributed by atoms with Gasteiger partial charge in [0.25, 0.3) is 0 Å². The average molecular weight is 359 g/mol. The van der Waals surface area contributed by atoms with E-state index in [2.05, 4.69) is 34.7 Å². The van der Waals surface area contributed by atoms with E-state index in [0.717, 1.165) is 24.7 Å². The van der Waals surface area contributed by atoms with Crippen LogP contribution in [0.1, 0.15) is 24.7 Å². The molecule has 26 heavy (non-hydrogen) atoms. The number of hydrogen-bond acceptors (Lipinski definition) is 4. The second-order valence-corrected chi connectivity index (χ2v) is 5.71. The fraction of sp³-hybridized carbons (Fsp3) is 0.450. The fourth-order valence-electron chi connectivity index (χ4n) is 2.27. The normalized spacial score (nSPS) is 11.5. The maximum atomic E-state index is 5.67. The molecule has 0 aliphatic heterocycles. The lowest BCUT2D eigenvalue weighted by molar-refractivity contribution is 0.105. The van der Waals surface area contributed by atoms with Crippen molar-refractivity contribution in [1.82, 2.24) is 10.6 Å². The molecule has 2 aromatic rings. The molecule has 0 saturated carbocycles. The molecule has 1 heterocycles. The van der Waals surface area contributed by atoms with Crippen molar-refractivity contribution in [3.8, 4) is 0 Å². The van der Waals surface area contributed by atoms with Gasteiger partial charge in [0.15, 0.2) is 5.96 Å². The first-order valence-corrected chi connectivity index (χ1v) is 9.12. The number of hydrogen-bond donors (Lipinski definition) is 2. The molecule has 0 spiro atoms. The first-order valence-electron chi connectivity index (χ1n) is 9.12. The van der Waals surface area contributed by atoms with E-state index in [9.17, 15) is 0 Å². The standard InChI is InChI=1S/C20H29N3O3/c1-2-21-20(22-11-7-13-24-17-19-10-6-14-26-19)23-12-15-25-16-18-8-4-3-5-9-18/h3-6,8-10,14H,2,7,11-13,15-17H2,1H3,(H2,21,22,23). The summed E-state index contributed by atoms with van der Waals surface area (Å²) < 4.78 is 16.4. The second kappa shape index (κ2) is 13.0. The number of guanidine groups is 1. The molecule has 0 bridgehead atoms. The van der Waals surface area contributed by atoms with Crippen LogP contribution in [-0.2, 0) is 22.7 Å². The predicted molar refractivity (Wildman–Crippen MR) is 103 cm³/mol.